The first kappa shape index (κ1) is 16.3. The lowest BCUT2D eigenvalue weighted by atomic mass is 10.2. The molecule has 0 aliphatic heterocycles. The molecule has 0 fully saturated rings. The zero-order chi connectivity index (χ0) is 16.6. The van der Waals surface area contributed by atoms with Gasteiger partial charge in [-0.2, -0.15) is 4.98 Å². The van der Waals surface area contributed by atoms with Crippen LogP contribution in [0.1, 0.15) is 11.5 Å². The van der Waals surface area contributed by atoms with Gasteiger partial charge in [-0.1, -0.05) is 65.8 Å². The van der Waals surface area contributed by atoms with Crippen molar-refractivity contribution in [2.24, 2.45) is 0 Å². The number of hydrogen-bond acceptors (Lipinski definition) is 5. The predicted octanol–water partition coefficient (Wildman–Crippen LogP) is 3.29. The van der Waals surface area contributed by atoms with Crippen molar-refractivity contribution in [3.05, 3.63) is 72.1 Å². The Kier molecular flexibility index (Phi) is 5.63. The summed E-state index contributed by atoms with van der Waals surface area (Å²) in [5.74, 6) is 2.09. The zero-order valence-electron chi connectivity index (χ0n) is 13.0. The second-order valence-electron chi connectivity index (χ2n) is 5.13. The molecule has 1 N–H and O–H groups in total. The van der Waals surface area contributed by atoms with E-state index in [1.807, 2.05) is 48.5 Å². The van der Waals surface area contributed by atoms with Gasteiger partial charge in [-0.15, -0.1) is 11.8 Å². The number of carbonyl (C=O) groups excluding carboxylic acids is 1. The van der Waals surface area contributed by atoms with E-state index in [0.717, 1.165) is 11.3 Å². The first-order valence-corrected chi connectivity index (χ1v) is 8.73. The van der Waals surface area contributed by atoms with Gasteiger partial charge in [0.2, 0.25) is 17.6 Å². The number of nitrogens with one attached hydrogen (secondary N) is 1. The fourth-order valence-electron chi connectivity index (χ4n) is 2.09. The standard InChI is InChI=1S/C18H17N3O2S/c22-16(13-24-12-14-7-3-1-4-8-14)19-11-17-20-18(21-23-17)15-9-5-2-6-10-15/h1-10H,11-13H2,(H,19,22). The van der Waals surface area contributed by atoms with E-state index in [4.69, 9.17) is 4.52 Å². The molecule has 0 aliphatic carbocycles. The maximum atomic E-state index is 11.9. The summed E-state index contributed by atoms with van der Waals surface area (Å²) in [7, 11) is 0. The molecule has 122 valence electrons. The number of aromatic nitrogens is 2. The van der Waals surface area contributed by atoms with Crippen molar-refractivity contribution in [1.29, 1.82) is 0 Å². The number of thioether (sulfide) groups is 1. The molecule has 24 heavy (non-hydrogen) atoms. The van der Waals surface area contributed by atoms with Crippen molar-refractivity contribution in [2.45, 2.75) is 12.3 Å². The van der Waals surface area contributed by atoms with Crippen LogP contribution in [-0.4, -0.2) is 21.8 Å². The molecule has 0 radical (unpaired) electrons. The van der Waals surface area contributed by atoms with E-state index in [2.05, 4.69) is 27.6 Å². The molecule has 1 amide bonds. The first-order chi connectivity index (χ1) is 11.8. The molecule has 0 bridgehead atoms. The third-order valence-corrected chi connectivity index (χ3v) is 4.29. The molecule has 6 heteroatoms. The van der Waals surface area contributed by atoms with Crippen LogP contribution in [0.5, 0.6) is 0 Å². The van der Waals surface area contributed by atoms with Gasteiger partial charge in [0.1, 0.15) is 0 Å². The van der Waals surface area contributed by atoms with E-state index in [0.29, 0.717) is 17.5 Å². The minimum absolute atomic E-state index is 0.0459. The van der Waals surface area contributed by atoms with Gasteiger partial charge in [0.05, 0.1) is 12.3 Å². The molecule has 2 aromatic carbocycles. The highest BCUT2D eigenvalue weighted by atomic mass is 32.2. The van der Waals surface area contributed by atoms with Crippen LogP contribution in [-0.2, 0) is 17.1 Å². The number of amides is 1. The van der Waals surface area contributed by atoms with E-state index < -0.39 is 0 Å². The van der Waals surface area contributed by atoms with E-state index in [9.17, 15) is 4.79 Å². The van der Waals surface area contributed by atoms with Crippen LogP contribution in [0, 0.1) is 0 Å². The van der Waals surface area contributed by atoms with Crippen LogP contribution in [0.15, 0.2) is 65.2 Å². The normalized spacial score (nSPS) is 10.5. The summed E-state index contributed by atoms with van der Waals surface area (Å²) in [4.78, 5) is 16.1. The molecule has 3 aromatic rings. The Morgan fingerprint density at radius 2 is 1.75 bits per heavy atom. The second kappa shape index (κ2) is 8.31. The van der Waals surface area contributed by atoms with Crippen LogP contribution in [0.2, 0.25) is 0 Å². The third kappa shape index (κ3) is 4.70. The van der Waals surface area contributed by atoms with Gasteiger partial charge >= 0.3 is 0 Å². The third-order valence-electron chi connectivity index (χ3n) is 3.28. The number of benzene rings is 2. The summed E-state index contributed by atoms with van der Waals surface area (Å²) in [5, 5.41) is 6.72. The summed E-state index contributed by atoms with van der Waals surface area (Å²) in [5.41, 5.74) is 2.09. The minimum atomic E-state index is -0.0459. The van der Waals surface area contributed by atoms with Crippen molar-refractivity contribution in [3.8, 4) is 11.4 Å². The highest BCUT2D eigenvalue weighted by Gasteiger charge is 2.09. The largest absolute Gasteiger partial charge is 0.346 e. The average Bonchev–Trinajstić information content (AvgIpc) is 3.11. The molecule has 5 nitrogen and oxygen atoms in total. The van der Waals surface area contributed by atoms with Crippen molar-refractivity contribution >= 4 is 17.7 Å². The molecule has 0 saturated heterocycles. The number of carbonyl (C=O) groups is 1. The van der Waals surface area contributed by atoms with Crippen LogP contribution in [0.25, 0.3) is 11.4 Å². The summed E-state index contributed by atoms with van der Waals surface area (Å²) < 4.78 is 5.16. The summed E-state index contributed by atoms with van der Waals surface area (Å²) in [6, 6.07) is 19.6. The minimum Gasteiger partial charge on any atom is -0.346 e. The van der Waals surface area contributed by atoms with Crippen LogP contribution >= 0.6 is 11.8 Å². The number of hydrogen-bond donors (Lipinski definition) is 1. The lowest BCUT2D eigenvalue weighted by molar-refractivity contribution is -0.118. The molecule has 0 atom stereocenters. The lowest BCUT2D eigenvalue weighted by Gasteiger charge is -2.02. The maximum absolute atomic E-state index is 11.9. The summed E-state index contributed by atoms with van der Waals surface area (Å²) in [6.07, 6.45) is 0. The van der Waals surface area contributed by atoms with Gasteiger partial charge in [0.15, 0.2) is 0 Å². The average molecular weight is 339 g/mol. The van der Waals surface area contributed by atoms with Gasteiger partial charge in [-0.3, -0.25) is 4.79 Å². The summed E-state index contributed by atoms with van der Waals surface area (Å²) >= 11 is 1.57. The van der Waals surface area contributed by atoms with Crippen molar-refractivity contribution in [3.63, 3.8) is 0 Å². The molecule has 1 heterocycles. The molecule has 0 spiro atoms. The number of nitrogens with zero attached hydrogens (tertiary/aromatic N) is 2. The van der Waals surface area contributed by atoms with Crippen molar-refractivity contribution in [2.75, 3.05) is 5.75 Å². The highest BCUT2D eigenvalue weighted by molar-refractivity contribution is 7.99. The Morgan fingerprint density at radius 3 is 2.50 bits per heavy atom. The van der Waals surface area contributed by atoms with E-state index in [1.165, 1.54) is 5.56 Å². The molecular formula is C18H17N3O2S. The van der Waals surface area contributed by atoms with Gasteiger partial charge in [0, 0.05) is 11.3 Å². The molecule has 0 saturated carbocycles. The van der Waals surface area contributed by atoms with E-state index in [-0.39, 0.29) is 12.5 Å². The lowest BCUT2D eigenvalue weighted by Crippen LogP contribution is -2.24. The van der Waals surface area contributed by atoms with E-state index in [1.54, 1.807) is 11.8 Å². The molecule has 1 aromatic heterocycles. The van der Waals surface area contributed by atoms with Gasteiger partial charge in [0.25, 0.3) is 0 Å². The maximum Gasteiger partial charge on any atom is 0.246 e. The fourth-order valence-corrected chi connectivity index (χ4v) is 2.91. The molecule has 0 aliphatic rings. The number of rotatable bonds is 7. The Morgan fingerprint density at radius 1 is 1.04 bits per heavy atom. The first-order valence-electron chi connectivity index (χ1n) is 7.57. The Bertz CT molecular complexity index is 775. The predicted molar refractivity (Wildman–Crippen MR) is 94.2 cm³/mol. The fraction of sp³-hybridized carbons (Fsp3) is 0.167. The Labute approximate surface area is 144 Å². The molecule has 0 unspecified atom stereocenters. The quantitative estimate of drug-likeness (QED) is 0.715. The topological polar surface area (TPSA) is 68.0 Å². The zero-order valence-corrected chi connectivity index (χ0v) is 13.8. The van der Waals surface area contributed by atoms with Crippen molar-refractivity contribution < 1.29 is 9.32 Å². The second-order valence-corrected chi connectivity index (χ2v) is 6.12. The van der Waals surface area contributed by atoms with Crippen LogP contribution < -0.4 is 5.32 Å². The highest BCUT2D eigenvalue weighted by Crippen LogP contribution is 2.15. The van der Waals surface area contributed by atoms with Gasteiger partial charge in [-0.25, -0.2) is 0 Å². The van der Waals surface area contributed by atoms with Crippen LogP contribution in [0.3, 0.4) is 0 Å². The van der Waals surface area contributed by atoms with Crippen molar-refractivity contribution in [1.82, 2.24) is 15.5 Å². The summed E-state index contributed by atoms with van der Waals surface area (Å²) in [6.45, 7) is 0.241. The monoisotopic (exact) mass is 339 g/mol. The molecular weight excluding hydrogens is 322 g/mol. The van der Waals surface area contributed by atoms with E-state index >= 15 is 0 Å². The SMILES string of the molecule is O=C(CSCc1ccccc1)NCc1nc(-c2ccccc2)no1. The van der Waals surface area contributed by atoms with Crippen LogP contribution in [0.4, 0.5) is 0 Å². The Balaban J connectivity index is 1.42. The van der Waals surface area contributed by atoms with Gasteiger partial charge in [-0.05, 0) is 5.56 Å². The Hall–Kier alpha value is -2.60. The molecule has 3 rings (SSSR count). The smallest absolute Gasteiger partial charge is 0.246 e. The van der Waals surface area contributed by atoms with Gasteiger partial charge < -0.3 is 9.84 Å².